The van der Waals surface area contributed by atoms with Crippen LogP contribution in [0.5, 0.6) is 5.75 Å². The highest BCUT2D eigenvalue weighted by molar-refractivity contribution is 6.32. The van der Waals surface area contributed by atoms with E-state index in [-0.39, 0.29) is 46.8 Å². The van der Waals surface area contributed by atoms with Gasteiger partial charge in [-0.2, -0.15) is 18.3 Å². The Labute approximate surface area is 206 Å². The molecule has 3 aromatic heterocycles. The molecule has 1 aliphatic rings. The van der Waals surface area contributed by atoms with Gasteiger partial charge < -0.3 is 16.2 Å². The average molecular weight is 519 g/mol. The van der Waals surface area contributed by atoms with Gasteiger partial charge in [0, 0.05) is 6.42 Å². The lowest BCUT2D eigenvalue weighted by molar-refractivity contribution is -0.135. The molecule has 1 amide bonds. The van der Waals surface area contributed by atoms with Crippen molar-refractivity contribution >= 4 is 34.8 Å². The van der Waals surface area contributed by atoms with Gasteiger partial charge in [0.15, 0.2) is 11.5 Å². The van der Waals surface area contributed by atoms with Crippen LogP contribution in [0, 0.1) is 0 Å². The zero-order valence-electron chi connectivity index (χ0n) is 18.6. The zero-order valence-corrected chi connectivity index (χ0v) is 19.4. The third-order valence-electron chi connectivity index (χ3n) is 6.08. The molecule has 0 aliphatic carbocycles. The number of nitrogens with one attached hydrogen (secondary N) is 1. The Hall–Kier alpha value is -4.00. The number of carbonyl (C=O) groups excluding carboxylic acids is 1. The molecule has 0 fully saturated rings. The molecule has 0 saturated carbocycles. The van der Waals surface area contributed by atoms with Gasteiger partial charge in [-0.3, -0.25) is 4.79 Å². The van der Waals surface area contributed by atoms with E-state index in [1.54, 1.807) is 13.0 Å². The quantitative estimate of drug-likeness (QED) is 0.363. The lowest BCUT2D eigenvalue weighted by Crippen LogP contribution is -2.32. The van der Waals surface area contributed by atoms with Gasteiger partial charge in [-0.05, 0) is 37.5 Å². The molecule has 4 N–H and O–H groups in total. The Morgan fingerprint density at radius 2 is 2.03 bits per heavy atom. The number of benzene rings is 1. The lowest BCUT2D eigenvalue weighted by atomic mass is 9.77. The maximum Gasteiger partial charge on any atom is 0.389 e. The number of halogens is 4. The number of fused-ring (bicyclic) bond motifs is 2. The van der Waals surface area contributed by atoms with Crippen molar-refractivity contribution in [2.45, 2.75) is 37.8 Å². The minimum Gasteiger partial charge on any atom is -0.506 e. The highest BCUT2D eigenvalue weighted by Gasteiger charge is 2.48. The van der Waals surface area contributed by atoms with Gasteiger partial charge in [-0.25, -0.2) is 24.5 Å². The van der Waals surface area contributed by atoms with Gasteiger partial charge in [-0.1, -0.05) is 17.7 Å². The van der Waals surface area contributed by atoms with Crippen LogP contribution in [0.4, 0.5) is 24.8 Å². The van der Waals surface area contributed by atoms with Crippen LogP contribution in [-0.4, -0.2) is 46.7 Å². The van der Waals surface area contributed by atoms with Crippen LogP contribution in [0.3, 0.4) is 0 Å². The van der Waals surface area contributed by atoms with Crippen molar-refractivity contribution in [3.8, 4) is 17.3 Å². The number of anilines is 2. The van der Waals surface area contributed by atoms with Crippen LogP contribution in [0.2, 0.25) is 5.02 Å². The SMILES string of the molecule is CC1(c2ccc(Cl)c(O)c2)C(=O)Nc2nc(-c3cn4ncnc4c(CCCC(F)(F)F)n3)nc(N)c21. The first-order valence-electron chi connectivity index (χ1n) is 10.7. The number of hydrogen-bond donors (Lipinski definition) is 3. The van der Waals surface area contributed by atoms with E-state index in [0.29, 0.717) is 22.5 Å². The number of amides is 1. The van der Waals surface area contributed by atoms with E-state index in [0.717, 1.165) is 0 Å². The average Bonchev–Trinajstić information content (AvgIpc) is 3.37. The molecule has 4 aromatic rings. The number of nitrogens with two attached hydrogens (primary N) is 1. The third kappa shape index (κ3) is 3.94. The fraction of sp³-hybridized carbons (Fsp3) is 0.273. The Balaban J connectivity index is 1.57. The molecule has 1 aromatic carbocycles. The van der Waals surface area contributed by atoms with Crippen molar-refractivity contribution in [2.75, 3.05) is 11.1 Å². The van der Waals surface area contributed by atoms with Gasteiger partial charge in [0.25, 0.3) is 0 Å². The van der Waals surface area contributed by atoms with E-state index in [2.05, 4.69) is 30.4 Å². The van der Waals surface area contributed by atoms with E-state index in [9.17, 15) is 23.1 Å². The first kappa shape index (κ1) is 23.7. The summed E-state index contributed by atoms with van der Waals surface area (Å²) in [6.07, 6.45) is -2.69. The molecule has 10 nitrogen and oxygen atoms in total. The largest absolute Gasteiger partial charge is 0.506 e. The maximum absolute atomic E-state index is 13.1. The number of alkyl halides is 3. The van der Waals surface area contributed by atoms with Crippen LogP contribution in [0.15, 0.2) is 30.7 Å². The van der Waals surface area contributed by atoms with E-state index >= 15 is 0 Å². The summed E-state index contributed by atoms with van der Waals surface area (Å²) < 4.78 is 39.3. The molecular formula is C22H18ClF3N8O2. The van der Waals surface area contributed by atoms with Gasteiger partial charge in [0.05, 0.1) is 22.5 Å². The van der Waals surface area contributed by atoms with Gasteiger partial charge in [0.1, 0.15) is 34.8 Å². The number of aryl methyl sites for hydroxylation is 1. The molecule has 186 valence electrons. The topological polar surface area (TPSA) is 144 Å². The normalized spacial score (nSPS) is 17.4. The van der Waals surface area contributed by atoms with Gasteiger partial charge >= 0.3 is 6.18 Å². The maximum atomic E-state index is 13.1. The van der Waals surface area contributed by atoms with Crippen LogP contribution in [0.25, 0.3) is 17.2 Å². The summed E-state index contributed by atoms with van der Waals surface area (Å²) >= 11 is 5.92. The van der Waals surface area contributed by atoms with Crippen LogP contribution < -0.4 is 11.1 Å². The number of hydrogen-bond acceptors (Lipinski definition) is 8. The first-order valence-corrected chi connectivity index (χ1v) is 11.1. The molecule has 36 heavy (non-hydrogen) atoms. The minimum atomic E-state index is -4.29. The Morgan fingerprint density at radius 3 is 2.75 bits per heavy atom. The summed E-state index contributed by atoms with van der Waals surface area (Å²) in [4.78, 5) is 30.3. The monoisotopic (exact) mass is 518 g/mol. The number of aromatic nitrogens is 6. The molecule has 1 atom stereocenters. The highest BCUT2D eigenvalue weighted by Crippen LogP contribution is 2.46. The summed E-state index contributed by atoms with van der Waals surface area (Å²) in [5.41, 5.74) is 6.52. The van der Waals surface area contributed by atoms with E-state index in [4.69, 9.17) is 17.3 Å². The standard InChI is InChI=1S/C22H18ClF3N8O2/c1-21(10-4-5-11(23)14(35)7-10)15-16(27)31-17(32-18(15)33-20(21)36)13-8-34-19(28-9-29-34)12(30-13)3-2-6-22(24,25)26/h4-5,7-9,35H,2-3,6H2,1H3,(H3,27,31,32,33,36). The van der Waals surface area contributed by atoms with Crippen molar-refractivity contribution in [1.29, 1.82) is 0 Å². The van der Waals surface area contributed by atoms with E-state index in [1.807, 2.05) is 0 Å². The molecule has 0 saturated heterocycles. The number of phenols is 1. The predicted molar refractivity (Wildman–Crippen MR) is 123 cm³/mol. The third-order valence-corrected chi connectivity index (χ3v) is 6.40. The summed E-state index contributed by atoms with van der Waals surface area (Å²) in [6, 6.07) is 4.43. The second kappa shape index (κ2) is 8.29. The zero-order chi connectivity index (χ0) is 25.8. The second-order valence-corrected chi connectivity index (χ2v) is 8.88. The van der Waals surface area contributed by atoms with Crippen molar-refractivity contribution in [3.63, 3.8) is 0 Å². The number of phenolic OH excluding ortho intramolecular Hbond substituents is 1. The number of nitrogen functional groups attached to an aromatic ring is 1. The number of rotatable bonds is 5. The summed E-state index contributed by atoms with van der Waals surface area (Å²) in [5.74, 6) is -0.451. The second-order valence-electron chi connectivity index (χ2n) is 8.47. The molecule has 4 heterocycles. The highest BCUT2D eigenvalue weighted by atomic mass is 35.5. The summed E-state index contributed by atoms with van der Waals surface area (Å²) in [5, 5.41) is 16.9. The van der Waals surface area contributed by atoms with Crippen LogP contribution in [0.1, 0.15) is 36.6 Å². The van der Waals surface area contributed by atoms with E-state index < -0.39 is 23.9 Å². The Kier molecular flexibility index (Phi) is 5.47. The van der Waals surface area contributed by atoms with Gasteiger partial charge in [0.2, 0.25) is 5.91 Å². The molecule has 1 aliphatic heterocycles. The van der Waals surface area contributed by atoms with Crippen molar-refractivity contribution < 1.29 is 23.1 Å². The smallest absolute Gasteiger partial charge is 0.389 e. The predicted octanol–water partition coefficient (Wildman–Crippen LogP) is 3.67. The fourth-order valence-corrected chi connectivity index (χ4v) is 4.36. The molecule has 0 spiro atoms. The van der Waals surface area contributed by atoms with Crippen LogP contribution in [-0.2, 0) is 16.6 Å². The molecule has 0 bridgehead atoms. The number of aromatic hydroxyl groups is 1. The number of nitrogens with zero attached hydrogens (tertiary/aromatic N) is 6. The fourth-order valence-electron chi connectivity index (χ4n) is 4.24. The van der Waals surface area contributed by atoms with Crippen molar-refractivity contribution in [1.82, 2.24) is 29.5 Å². The molecule has 0 radical (unpaired) electrons. The van der Waals surface area contributed by atoms with E-state index in [1.165, 1.54) is 29.2 Å². The minimum absolute atomic E-state index is 0.00479. The van der Waals surface area contributed by atoms with Crippen molar-refractivity contribution in [2.24, 2.45) is 0 Å². The number of carbonyl (C=O) groups is 1. The molecule has 5 rings (SSSR count). The van der Waals surface area contributed by atoms with Crippen molar-refractivity contribution in [3.05, 3.63) is 52.6 Å². The Bertz CT molecular complexity index is 1520. The van der Waals surface area contributed by atoms with Crippen LogP contribution >= 0.6 is 11.6 Å². The molecule has 14 heteroatoms. The summed E-state index contributed by atoms with van der Waals surface area (Å²) in [7, 11) is 0. The summed E-state index contributed by atoms with van der Waals surface area (Å²) in [6.45, 7) is 1.62. The first-order chi connectivity index (χ1) is 17.0. The molecular weight excluding hydrogens is 501 g/mol. The van der Waals surface area contributed by atoms with Gasteiger partial charge in [-0.15, -0.1) is 0 Å². The Morgan fingerprint density at radius 1 is 1.25 bits per heavy atom. The lowest BCUT2D eigenvalue weighted by Gasteiger charge is -2.23. The molecule has 1 unspecified atom stereocenters.